The van der Waals surface area contributed by atoms with E-state index in [0.29, 0.717) is 12.4 Å². The zero-order valence-electron chi connectivity index (χ0n) is 27.3. The molecule has 8 heteroatoms. The first kappa shape index (κ1) is 31.3. The molecule has 8 nitrogen and oxygen atoms in total. The minimum absolute atomic E-state index is 0.0691. The number of fused-ring (bicyclic) bond motifs is 3. The van der Waals surface area contributed by atoms with Crippen LogP contribution in [0.15, 0.2) is 48.8 Å². The van der Waals surface area contributed by atoms with E-state index in [-0.39, 0.29) is 41.0 Å². The number of carbonyl (C=O) groups is 2. The lowest BCUT2D eigenvalue weighted by atomic mass is 9.51. The summed E-state index contributed by atoms with van der Waals surface area (Å²) in [6, 6.07) is 12.9. The first-order chi connectivity index (χ1) is 21.6. The number of nitrogens with zero attached hydrogens (tertiary/aromatic N) is 4. The van der Waals surface area contributed by atoms with Gasteiger partial charge in [0, 0.05) is 36.7 Å². The Morgan fingerprint density at radius 3 is 2.36 bits per heavy atom. The highest BCUT2D eigenvalue weighted by atomic mass is 16.5. The van der Waals surface area contributed by atoms with Crippen LogP contribution < -0.4 is 9.64 Å². The zero-order valence-corrected chi connectivity index (χ0v) is 27.3. The molecule has 2 bridgehead atoms. The van der Waals surface area contributed by atoms with Crippen LogP contribution in [0.4, 0.5) is 5.82 Å². The summed E-state index contributed by atoms with van der Waals surface area (Å²) in [5.41, 5.74) is 4.65. The van der Waals surface area contributed by atoms with Crippen molar-refractivity contribution in [2.24, 2.45) is 17.3 Å². The Kier molecular flexibility index (Phi) is 8.77. The second-order valence-corrected chi connectivity index (χ2v) is 14.4. The molecule has 2 aromatic heterocycles. The van der Waals surface area contributed by atoms with Gasteiger partial charge in [0.2, 0.25) is 5.91 Å². The lowest BCUT2D eigenvalue weighted by Crippen LogP contribution is -2.52. The Hall–Kier alpha value is -3.68. The lowest BCUT2D eigenvalue weighted by Gasteiger charge is -2.55. The standard InChI is InChI=1S/C37H48N4O4/c1-25(2)41-23-29(22-38-41)31-6-5-7-33(39-31)40(35(44)28-10-8-27(9-11-28)21-34(42)43)24-36-14-17-37(18-15-36,19-16-36)30-12-13-32(45-4)26(3)20-30/h5-7,12-13,20,22-23,25,27-28H,8-11,14-19,21,24H2,1-4H3,(H,42,43)/t27-,28-,36?,37?. The van der Waals surface area contributed by atoms with E-state index in [9.17, 15) is 14.7 Å². The average molecular weight is 613 g/mol. The Bertz CT molecular complexity index is 1510. The maximum absolute atomic E-state index is 14.4. The van der Waals surface area contributed by atoms with Gasteiger partial charge in [-0.15, -0.1) is 0 Å². The molecule has 4 aliphatic rings. The van der Waals surface area contributed by atoms with E-state index in [4.69, 9.17) is 9.72 Å². The van der Waals surface area contributed by atoms with Crippen LogP contribution in [0.3, 0.4) is 0 Å². The number of hydrogen-bond donors (Lipinski definition) is 1. The second-order valence-electron chi connectivity index (χ2n) is 14.4. The van der Waals surface area contributed by atoms with Crippen molar-refractivity contribution in [2.75, 3.05) is 18.6 Å². The van der Waals surface area contributed by atoms with Gasteiger partial charge in [0.05, 0.1) is 19.0 Å². The number of pyridine rings is 1. The van der Waals surface area contributed by atoms with Crippen LogP contribution in [0.5, 0.6) is 5.75 Å². The summed E-state index contributed by atoms with van der Waals surface area (Å²) in [7, 11) is 1.73. The van der Waals surface area contributed by atoms with Gasteiger partial charge in [-0.25, -0.2) is 4.98 Å². The fourth-order valence-electron chi connectivity index (χ4n) is 8.32. The minimum atomic E-state index is -0.747. The van der Waals surface area contributed by atoms with Crippen molar-refractivity contribution in [2.45, 2.75) is 103 Å². The van der Waals surface area contributed by atoms with E-state index in [0.717, 1.165) is 81.2 Å². The van der Waals surface area contributed by atoms with Gasteiger partial charge in [-0.1, -0.05) is 18.2 Å². The molecule has 1 aromatic carbocycles. The van der Waals surface area contributed by atoms with Crippen LogP contribution in [0.25, 0.3) is 11.3 Å². The number of ether oxygens (including phenoxy) is 1. The third kappa shape index (κ3) is 6.38. The summed E-state index contributed by atoms with van der Waals surface area (Å²) in [5.74, 6) is 1.10. The van der Waals surface area contributed by atoms with Crippen LogP contribution in [0, 0.1) is 24.2 Å². The van der Waals surface area contributed by atoms with E-state index < -0.39 is 5.97 Å². The molecular weight excluding hydrogens is 564 g/mol. The van der Waals surface area contributed by atoms with Crippen molar-refractivity contribution in [1.29, 1.82) is 0 Å². The highest BCUT2D eigenvalue weighted by molar-refractivity contribution is 5.94. The summed E-state index contributed by atoms with van der Waals surface area (Å²) in [6.45, 7) is 7.01. The van der Waals surface area contributed by atoms with Crippen molar-refractivity contribution in [3.8, 4) is 17.0 Å². The molecule has 1 N–H and O–H groups in total. The topological polar surface area (TPSA) is 97.5 Å². The largest absolute Gasteiger partial charge is 0.496 e. The summed E-state index contributed by atoms with van der Waals surface area (Å²) < 4.78 is 7.47. The molecule has 4 aliphatic carbocycles. The highest BCUT2D eigenvalue weighted by Crippen LogP contribution is 2.58. The van der Waals surface area contributed by atoms with Crippen LogP contribution in [-0.4, -0.2) is 45.4 Å². The van der Waals surface area contributed by atoms with Crippen molar-refractivity contribution in [1.82, 2.24) is 14.8 Å². The molecule has 0 radical (unpaired) electrons. The minimum Gasteiger partial charge on any atom is -0.496 e. The van der Waals surface area contributed by atoms with Gasteiger partial charge >= 0.3 is 5.97 Å². The maximum Gasteiger partial charge on any atom is 0.303 e. The van der Waals surface area contributed by atoms with E-state index in [1.54, 1.807) is 7.11 Å². The van der Waals surface area contributed by atoms with Crippen molar-refractivity contribution in [3.63, 3.8) is 0 Å². The predicted molar refractivity (Wildman–Crippen MR) is 175 cm³/mol. The van der Waals surface area contributed by atoms with Crippen molar-refractivity contribution >= 4 is 17.7 Å². The lowest BCUT2D eigenvalue weighted by molar-refractivity contribution is -0.138. The number of methoxy groups -OCH3 is 1. The number of benzene rings is 1. The first-order valence-electron chi connectivity index (χ1n) is 16.8. The monoisotopic (exact) mass is 612 g/mol. The first-order valence-corrected chi connectivity index (χ1v) is 16.8. The van der Waals surface area contributed by atoms with Gasteiger partial charge in [-0.05, 0) is 131 Å². The van der Waals surface area contributed by atoms with E-state index in [1.165, 1.54) is 11.1 Å². The zero-order chi connectivity index (χ0) is 31.8. The quantitative estimate of drug-likeness (QED) is 0.251. The fourth-order valence-corrected chi connectivity index (χ4v) is 8.32. The number of rotatable bonds is 10. The summed E-state index contributed by atoms with van der Waals surface area (Å²) in [6.07, 6.45) is 13.8. The molecule has 0 spiro atoms. The number of amides is 1. The van der Waals surface area contributed by atoms with Gasteiger partial charge in [-0.2, -0.15) is 5.10 Å². The Morgan fingerprint density at radius 2 is 1.76 bits per heavy atom. The number of carboxylic acid groups (broad SMARTS) is 1. The van der Waals surface area contributed by atoms with Gasteiger partial charge in [0.1, 0.15) is 11.6 Å². The molecule has 0 saturated heterocycles. The molecule has 4 saturated carbocycles. The number of hydrogen-bond acceptors (Lipinski definition) is 5. The van der Waals surface area contributed by atoms with Crippen molar-refractivity contribution in [3.05, 3.63) is 59.9 Å². The Balaban J connectivity index is 1.25. The SMILES string of the molecule is COc1ccc(C23CCC(CN(c4cccc(-c5cnn(C(C)C)c5)n4)C(=O)[C@H]4CC[C@H](CC(=O)O)CC4)(CC2)CC3)cc1C. The maximum atomic E-state index is 14.4. The fraction of sp³-hybridized carbons (Fsp3) is 0.568. The molecule has 0 unspecified atom stereocenters. The van der Waals surface area contributed by atoms with Gasteiger partial charge in [0.25, 0.3) is 0 Å². The third-order valence-corrected chi connectivity index (χ3v) is 11.3. The number of aryl methyl sites for hydroxylation is 1. The molecule has 1 amide bonds. The normalized spacial score (nSPS) is 26.2. The highest BCUT2D eigenvalue weighted by Gasteiger charge is 2.51. The number of carbonyl (C=O) groups excluding carboxylic acids is 1. The predicted octanol–water partition coefficient (Wildman–Crippen LogP) is 7.75. The van der Waals surface area contributed by atoms with Gasteiger partial charge in [-0.3, -0.25) is 19.2 Å². The molecule has 240 valence electrons. The number of carboxylic acids is 1. The Labute approximate surface area is 267 Å². The smallest absolute Gasteiger partial charge is 0.303 e. The number of aliphatic carboxylic acids is 1. The van der Waals surface area contributed by atoms with Gasteiger partial charge < -0.3 is 9.84 Å². The molecular formula is C37H48N4O4. The molecule has 4 fully saturated rings. The van der Waals surface area contributed by atoms with Gasteiger partial charge in [0.15, 0.2) is 0 Å². The number of aromatic nitrogens is 3. The molecule has 2 heterocycles. The summed E-state index contributed by atoms with van der Waals surface area (Å²) in [4.78, 5) is 32.8. The average Bonchev–Trinajstić information content (AvgIpc) is 3.56. The molecule has 45 heavy (non-hydrogen) atoms. The summed E-state index contributed by atoms with van der Waals surface area (Å²) >= 11 is 0. The second kappa shape index (κ2) is 12.6. The Morgan fingerprint density at radius 1 is 1.04 bits per heavy atom. The molecule has 0 atom stereocenters. The molecule has 0 aliphatic heterocycles. The molecule has 3 aromatic rings. The summed E-state index contributed by atoms with van der Waals surface area (Å²) in [5, 5.41) is 13.8. The van der Waals surface area contributed by atoms with Crippen molar-refractivity contribution < 1.29 is 19.4 Å². The van der Waals surface area contributed by atoms with E-state index in [2.05, 4.69) is 44.1 Å². The van der Waals surface area contributed by atoms with Crippen LogP contribution in [0.2, 0.25) is 0 Å². The molecule has 7 rings (SSSR count). The van der Waals surface area contributed by atoms with Crippen LogP contribution in [0.1, 0.15) is 102 Å². The van der Waals surface area contributed by atoms with E-state index >= 15 is 0 Å². The number of anilines is 1. The third-order valence-electron chi connectivity index (χ3n) is 11.3. The van der Waals surface area contributed by atoms with Crippen LogP contribution >= 0.6 is 0 Å². The van der Waals surface area contributed by atoms with E-state index in [1.807, 2.05) is 40.2 Å². The van der Waals surface area contributed by atoms with Crippen LogP contribution in [-0.2, 0) is 15.0 Å².